The van der Waals surface area contributed by atoms with Crippen molar-refractivity contribution in [3.63, 3.8) is 0 Å². The van der Waals surface area contributed by atoms with Gasteiger partial charge in [-0.3, -0.25) is 19.2 Å². The van der Waals surface area contributed by atoms with E-state index >= 15 is 0 Å². The zero-order valence-corrected chi connectivity index (χ0v) is 35.1. The second-order valence-corrected chi connectivity index (χ2v) is 16.1. The fourth-order valence-electron chi connectivity index (χ4n) is 6.30. The quantitative estimate of drug-likeness (QED) is 0.0324. The van der Waals surface area contributed by atoms with E-state index in [2.05, 4.69) is 15.0 Å². The molecule has 0 aromatic heterocycles. The molecule has 1 saturated heterocycles. The molecule has 3 aromatic carbocycles. The zero-order chi connectivity index (χ0) is 44.8. The van der Waals surface area contributed by atoms with Crippen LogP contribution in [0.15, 0.2) is 64.0 Å². The molecule has 0 aliphatic carbocycles. The first-order valence-electron chi connectivity index (χ1n) is 20.0. The monoisotopic (exact) mass is 891 g/mol. The van der Waals surface area contributed by atoms with Crippen molar-refractivity contribution in [1.82, 2.24) is 14.7 Å². The Labute approximate surface area is 356 Å². The number of halogens is 4. The summed E-state index contributed by atoms with van der Waals surface area (Å²) in [7, 11) is -3.81. The van der Waals surface area contributed by atoms with Crippen LogP contribution in [0.3, 0.4) is 0 Å². The van der Waals surface area contributed by atoms with Gasteiger partial charge in [-0.1, -0.05) is 31.2 Å². The van der Waals surface area contributed by atoms with Crippen LogP contribution < -0.4 is 15.8 Å². The first-order valence-corrected chi connectivity index (χ1v) is 21.4. The number of esters is 1. The molecule has 0 saturated carbocycles. The third-order valence-electron chi connectivity index (χ3n) is 9.48. The summed E-state index contributed by atoms with van der Waals surface area (Å²) >= 11 is 0. The largest absolute Gasteiger partial charge is 0.420 e. The Morgan fingerprint density at radius 3 is 2.18 bits per heavy atom. The normalized spacial score (nSPS) is 14.3. The Balaban J connectivity index is 0.967. The van der Waals surface area contributed by atoms with Crippen molar-refractivity contribution in [2.45, 2.75) is 44.4 Å². The van der Waals surface area contributed by atoms with Crippen LogP contribution in [-0.4, -0.2) is 114 Å². The minimum absolute atomic E-state index is 0.000787. The molecule has 62 heavy (non-hydrogen) atoms. The third kappa shape index (κ3) is 12.9. The summed E-state index contributed by atoms with van der Waals surface area (Å²) in [6.45, 7) is 5.77. The number of carbonyl (C=O) groups excluding carboxylic acids is 3. The number of fused-ring (bicyclic) bond motifs is 1. The minimum atomic E-state index is -3.81. The number of ether oxygens (including phenoxy) is 4. The summed E-state index contributed by atoms with van der Waals surface area (Å²) in [5, 5.41) is 4.14. The highest BCUT2D eigenvalue weighted by molar-refractivity contribution is 7.89. The van der Waals surface area contributed by atoms with Crippen LogP contribution in [0.2, 0.25) is 0 Å². The maximum atomic E-state index is 13.6. The predicted octanol–water partition coefficient (Wildman–Crippen LogP) is 5.05. The van der Waals surface area contributed by atoms with Crippen LogP contribution in [0, 0.1) is 29.2 Å². The standard InChI is InChI=1S/C42H49F4N5O10S/c1-3-12-51(60-4-2)42(54)31-19-30-9-8-29(21-35(30)49-36(47)22-31)28-6-5-7-32(20-28)62(55,56)50-25-27(26-50)24-48-37(52)10-13-57-15-17-59-18-16-58-14-11-38(53)61-41-39(45)33(43)23-34(44)40(41)46/h5-9,19-21,23,27H,3-4,10-18,22,24-26H2,1-2H3,(H2,47,49)(H,48,52). The molecule has 20 heteroatoms. The molecule has 15 nitrogen and oxygen atoms in total. The summed E-state index contributed by atoms with van der Waals surface area (Å²) in [5.41, 5.74) is 9.30. The molecule has 336 valence electrons. The van der Waals surface area contributed by atoms with Crippen molar-refractivity contribution in [3.8, 4) is 16.9 Å². The average molecular weight is 892 g/mol. The number of nitrogens with two attached hydrogens (primary N) is 1. The summed E-state index contributed by atoms with van der Waals surface area (Å²) in [6, 6.07) is 12.1. The maximum Gasteiger partial charge on any atom is 0.313 e. The minimum Gasteiger partial charge on any atom is -0.420 e. The topological polar surface area (TPSA) is 188 Å². The fourth-order valence-corrected chi connectivity index (χ4v) is 7.94. The van der Waals surface area contributed by atoms with Crippen LogP contribution in [0.25, 0.3) is 17.2 Å². The third-order valence-corrected chi connectivity index (χ3v) is 11.3. The number of amidine groups is 1. The van der Waals surface area contributed by atoms with Gasteiger partial charge in [0.15, 0.2) is 11.6 Å². The summed E-state index contributed by atoms with van der Waals surface area (Å²) < 4.78 is 102. The number of hydroxylamine groups is 2. The van der Waals surface area contributed by atoms with Gasteiger partial charge in [-0.2, -0.15) is 13.1 Å². The summed E-state index contributed by atoms with van der Waals surface area (Å²) in [6.07, 6.45) is 2.27. The molecule has 2 amide bonds. The van der Waals surface area contributed by atoms with Gasteiger partial charge in [-0.25, -0.2) is 27.3 Å². The molecular weight excluding hydrogens is 843 g/mol. The van der Waals surface area contributed by atoms with E-state index in [0.29, 0.717) is 42.1 Å². The van der Waals surface area contributed by atoms with Crippen LogP contribution in [0.5, 0.6) is 5.75 Å². The number of amides is 2. The van der Waals surface area contributed by atoms with Crippen molar-refractivity contribution in [3.05, 3.63) is 82.9 Å². The Kier molecular flexibility index (Phi) is 17.5. The van der Waals surface area contributed by atoms with Gasteiger partial charge in [-0.05, 0) is 48.7 Å². The lowest BCUT2D eigenvalue weighted by atomic mass is 10.0. The molecule has 0 atom stereocenters. The first-order chi connectivity index (χ1) is 29.7. The maximum absolute atomic E-state index is 13.6. The molecule has 0 radical (unpaired) electrons. The lowest BCUT2D eigenvalue weighted by Crippen LogP contribution is -2.53. The lowest BCUT2D eigenvalue weighted by molar-refractivity contribution is -0.180. The Hall–Kier alpha value is -5.25. The Bertz CT molecular complexity index is 2220. The fraction of sp³-hybridized carbons (Fsp3) is 0.429. The number of rotatable bonds is 23. The SMILES string of the molecule is CCCN(OCC)C(=O)C1=Cc2ccc(-c3cccc(S(=O)(=O)N4CC(CNC(=O)CCOCCOCCOCCC(=O)Oc5c(F)c(F)cc(F)c5F)C4)c3)cc2N=C(N)C1. The zero-order valence-electron chi connectivity index (χ0n) is 34.3. The van der Waals surface area contributed by atoms with E-state index in [1.54, 1.807) is 30.3 Å². The van der Waals surface area contributed by atoms with Crippen LogP contribution in [0.1, 0.15) is 45.1 Å². The molecule has 1 fully saturated rings. The average Bonchev–Trinajstić information content (AvgIpc) is 3.40. The van der Waals surface area contributed by atoms with Crippen molar-refractivity contribution < 1.29 is 64.1 Å². The van der Waals surface area contributed by atoms with Gasteiger partial charge in [0.1, 0.15) is 5.84 Å². The second-order valence-electron chi connectivity index (χ2n) is 14.2. The van der Waals surface area contributed by atoms with Gasteiger partial charge in [-0.15, -0.1) is 0 Å². The van der Waals surface area contributed by atoms with E-state index in [0.717, 1.165) is 12.0 Å². The number of nitrogens with zero attached hydrogens (tertiary/aromatic N) is 3. The van der Waals surface area contributed by atoms with Gasteiger partial charge < -0.3 is 30.0 Å². The highest BCUT2D eigenvalue weighted by Gasteiger charge is 2.37. The number of sulfonamides is 1. The van der Waals surface area contributed by atoms with Gasteiger partial charge in [0.05, 0.1) is 63.3 Å². The van der Waals surface area contributed by atoms with E-state index in [1.165, 1.54) is 15.4 Å². The Morgan fingerprint density at radius 1 is 0.871 bits per heavy atom. The smallest absolute Gasteiger partial charge is 0.313 e. The molecule has 2 aliphatic heterocycles. The van der Waals surface area contributed by atoms with Gasteiger partial charge >= 0.3 is 5.97 Å². The molecule has 0 unspecified atom stereocenters. The second kappa shape index (κ2) is 22.7. The van der Waals surface area contributed by atoms with Crippen molar-refractivity contribution in [2.24, 2.45) is 16.6 Å². The van der Waals surface area contributed by atoms with Crippen molar-refractivity contribution in [1.29, 1.82) is 0 Å². The highest BCUT2D eigenvalue weighted by Crippen LogP contribution is 2.34. The molecule has 3 aromatic rings. The Morgan fingerprint density at radius 2 is 1.52 bits per heavy atom. The summed E-state index contributed by atoms with van der Waals surface area (Å²) in [4.78, 5) is 47.6. The number of benzene rings is 3. The molecule has 2 heterocycles. The van der Waals surface area contributed by atoms with Crippen LogP contribution >= 0.6 is 0 Å². The van der Waals surface area contributed by atoms with E-state index in [1.807, 2.05) is 26.0 Å². The molecule has 3 N–H and O–H groups in total. The van der Waals surface area contributed by atoms with E-state index in [9.17, 15) is 40.4 Å². The predicted molar refractivity (Wildman–Crippen MR) is 218 cm³/mol. The number of hydrogen-bond acceptors (Lipinski definition) is 12. The van der Waals surface area contributed by atoms with Crippen molar-refractivity contribution in [2.75, 3.05) is 72.4 Å². The van der Waals surface area contributed by atoms with Gasteiger partial charge in [0.2, 0.25) is 33.3 Å². The molecule has 0 spiro atoms. The van der Waals surface area contributed by atoms with Crippen LogP contribution in [0.4, 0.5) is 23.2 Å². The van der Waals surface area contributed by atoms with Crippen LogP contribution in [-0.2, 0) is 43.5 Å². The molecule has 2 aliphatic rings. The first kappa shape index (κ1) is 47.8. The molecular formula is C42H49F4N5O10S. The van der Waals surface area contributed by atoms with E-state index in [-0.39, 0.29) is 100 Å². The van der Waals surface area contributed by atoms with Gasteiger partial charge in [0.25, 0.3) is 5.91 Å². The number of carbonyl (C=O) groups is 3. The van der Waals surface area contributed by atoms with Crippen molar-refractivity contribution >= 4 is 45.4 Å². The van der Waals surface area contributed by atoms with E-state index < -0.39 is 51.4 Å². The highest BCUT2D eigenvalue weighted by atomic mass is 32.2. The summed E-state index contributed by atoms with van der Waals surface area (Å²) in [5.74, 6) is -10.0. The molecule has 5 rings (SSSR count). The number of hydrogen-bond donors (Lipinski definition) is 2. The number of nitrogens with one attached hydrogen (secondary N) is 1. The number of aliphatic imine (C=N–C) groups is 1. The van der Waals surface area contributed by atoms with E-state index in [4.69, 9.17) is 24.8 Å². The molecule has 0 bridgehead atoms. The lowest BCUT2D eigenvalue weighted by Gasteiger charge is -2.38. The van der Waals surface area contributed by atoms with Gasteiger partial charge in [0, 0.05) is 62.1 Å².